The number of aryl methyl sites for hydroxylation is 2. The molecule has 0 radical (unpaired) electrons. The first-order valence-electron chi connectivity index (χ1n) is 8.81. The molecule has 0 spiro atoms. The lowest BCUT2D eigenvalue weighted by molar-refractivity contribution is 0.107. The van der Waals surface area contributed by atoms with E-state index in [1.807, 2.05) is 31.7 Å². The third kappa shape index (κ3) is 3.90. The average Bonchev–Trinajstić information content (AvgIpc) is 3.27. The van der Waals surface area contributed by atoms with E-state index in [0.717, 1.165) is 29.9 Å². The molecule has 1 saturated heterocycles. The summed E-state index contributed by atoms with van der Waals surface area (Å²) in [5.41, 5.74) is 0.997. The number of hydrogen-bond acceptors (Lipinski definition) is 4. The summed E-state index contributed by atoms with van der Waals surface area (Å²) in [6.07, 6.45) is 3.18. The summed E-state index contributed by atoms with van der Waals surface area (Å²) < 4.78 is 10.8. The van der Waals surface area contributed by atoms with Gasteiger partial charge in [-0.1, -0.05) is 0 Å². The number of furan rings is 2. The summed E-state index contributed by atoms with van der Waals surface area (Å²) in [6, 6.07) is 5.27. The van der Waals surface area contributed by atoms with E-state index in [9.17, 15) is 9.90 Å². The molecule has 136 valence electrons. The molecule has 0 aromatic carbocycles. The lowest BCUT2D eigenvalue weighted by Crippen LogP contribution is -2.44. The molecule has 3 atom stereocenters. The number of urea groups is 1. The molecule has 6 heteroatoms. The van der Waals surface area contributed by atoms with Gasteiger partial charge in [-0.25, -0.2) is 4.79 Å². The summed E-state index contributed by atoms with van der Waals surface area (Å²) in [7, 11) is 0. The molecule has 2 N–H and O–H groups in total. The number of nitrogens with one attached hydrogen (secondary N) is 1. The van der Waals surface area contributed by atoms with Crippen molar-refractivity contribution in [2.75, 3.05) is 6.54 Å². The van der Waals surface area contributed by atoms with E-state index < -0.39 is 6.10 Å². The van der Waals surface area contributed by atoms with Gasteiger partial charge < -0.3 is 24.2 Å². The lowest BCUT2D eigenvalue weighted by Gasteiger charge is -2.28. The Morgan fingerprint density at radius 2 is 2.28 bits per heavy atom. The maximum Gasteiger partial charge on any atom is 0.318 e. The average molecular weight is 346 g/mol. The van der Waals surface area contributed by atoms with E-state index in [1.165, 1.54) is 0 Å². The Labute approximate surface area is 147 Å². The number of carbonyl (C=O) groups is 1. The van der Waals surface area contributed by atoms with E-state index in [4.69, 9.17) is 8.83 Å². The van der Waals surface area contributed by atoms with Crippen LogP contribution < -0.4 is 5.32 Å². The molecule has 0 aliphatic carbocycles. The molecule has 1 fully saturated rings. The van der Waals surface area contributed by atoms with Gasteiger partial charge in [0.1, 0.15) is 23.4 Å². The monoisotopic (exact) mass is 346 g/mol. The van der Waals surface area contributed by atoms with Crippen LogP contribution >= 0.6 is 0 Å². The number of amides is 2. The van der Waals surface area contributed by atoms with Crippen LogP contribution in [0, 0.1) is 13.8 Å². The van der Waals surface area contributed by atoms with Crippen molar-refractivity contribution in [3.05, 3.63) is 47.3 Å². The molecule has 25 heavy (non-hydrogen) atoms. The van der Waals surface area contributed by atoms with E-state index >= 15 is 0 Å². The first-order valence-corrected chi connectivity index (χ1v) is 8.81. The number of hydrogen-bond donors (Lipinski definition) is 2. The van der Waals surface area contributed by atoms with Gasteiger partial charge in [-0.05, 0) is 51.8 Å². The molecule has 2 aromatic rings. The zero-order chi connectivity index (χ0) is 18.0. The van der Waals surface area contributed by atoms with E-state index in [0.29, 0.717) is 18.7 Å². The predicted molar refractivity (Wildman–Crippen MR) is 93.1 cm³/mol. The largest absolute Gasteiger partial charge is 0.467 e. The molecular weight excluding hydrogens is 320 g/mol. The summed E-state index contributed by atoms with van der Waals surface area (Å²) >= 11 is 0. The molecule has 0 saturated carbocycles. The minimum Gasteiger partial charge on any atom is -0.467 e. The highest BCUT2D eigenvalue weighted by molar-refractivity contribution is 5.75. The van der Waals surface area contributed by atoms with Gasteiger partial charge in [0, 0.05) is 24.6 Å². The fraction of sp³-hybridized carbons (Fsp3) is 0.526. The van der Waals surface area contributed by atoms with E-state index in [2.05, 4.69) is 5.32 Å². The molecule has 0 bridgehead atoms. The van der Waals surface area contributed by atoms with Crippen molar-refractivity contribution in [3.8, 4) is 0 Å². The normalized spacial score (nSPS) is 19.8. The number of rotatable bonds is 5. The van der Waals surface area contributed by atoms with Gasteiger partial charge >= 0.3 is 6.03 Å². The summed E-state index contributed by atoms with van der Waals surface area (Å²) in [5, 5.41) is 13.4. The second-order valence-corrected chi connectivity index (χ2v) is 6.80. The van der Waals surface area contributed by atoms with Crippen LogP contribution in [0.3, 0.4) is 0 Å². The Hall–Kier alpha value is -2.21. The predicted octanol–water partition coefficient (Wildman–Crippen LogP) is 3.85. The summed E-state index contributed by atoms with van der Waals surface area (Å²) in [4.78, 5) is 14.5. The van der Waals surface area contributed by atoms with Crippen molar-refractivity contribution in [2.45, 2.75) is 58.2 Å². The van der Waals surface area contributed by atoms with Gasteiger partial charge in [0.25, 0.3) is 0 Å². The van der Waals surface area contributed by atoms with Crippen molar-refractivity contribution < 1.29 is 18.7 Å². The fourth-order valence-electron chi connectivity index (χ4n) is 3.63. The molecule has 1 aliphatic rings. The Kier molecular flexibility index (Phi) is 5.18. The van der Waals surface area contributed by atoms with Gasteiger partial charge in [0.05, 0.1) is 12.3 Å². The van der Waals surface area contributed by atoms with Crippen molar-refractivity contribution in [1.82, 2.24) is 10.2 Å². The molecule has 3 unspecified atom stereocenters. The Morgan fingerprint density at radius 3 is 2.92 bits per heavy atom. The third-order valence-corrected chi connectivity index (χ3v) is 4.89. The van der Waals surface area contributed by atoms with Crippen LogP contribution in [0.2, 0.25) is 0 Å². The molecule has 3 rings (SSSR count). The first kappa shape index (κ1) is 17.6. The Bertz CT molecular complexity index is 707. The van der Waals surface area contributed by atoms with Crippen LogP contribution in [-0.4, -0.2) is 28.6 Å². The highest BCUT2D eigenvalue weighted by atomic mass is 16.4. The first-order chi connectivity index (χ1) is 12.0. The zero-order valence-corrected chi connectivity index (χ0v) is 15.0. The van der Waals surface area contributed by atoms with Crippen LogP contribution in [0.5, 0.6) is 0 Å². The highest BCUT2D eigenvalue weighted by Crippen LogP contribution is 2.28. The standard InChI is InChI=1S/C19H26N2O4/c1-12-10-16(14(3)25-12)13(2)20-19(23)21-8-4-6-15(21)11-17(22)18-7-5-9-24-18/h5,7,9-10,13,15,17,22H,4,6,8,11H2,1-3H3,(H,20,23). The topological polar surface area (TPSA) is 78.9 Å². The number of likely N-dealkylation sites (tertiary alicyclic amines) is 1. The number of carbonyl (C=O) groups excluding carboxylic acids is 1. The highest BCUT2D eigenvalue weighted by Gasteiger charge is 2.32. The number of nitrogens with zero attached hydrogens (tertiary/aromatic N) is 1. The fourth-order valence-corrected chi connectivity index (χ4v) is 3.63. The van der Waals surface area contributed by atoms with Crippen LogP contribution in [0.4, 0.5) is 4.79 Å². The van der Waals surface area contributed by atoms with Gasteiger partial charge in [-0.3, -0.25) is 0 Å². The van der Waals surface area contributed by atoms with Crippen molar-refractivity contribution in [3.63, 3.8) is 0 Å². The SMILES string of the molecule is Cc1cc(C(C)NC(=O)N2CCCC2CC(O)c2ccco2)c(C)o1. The maximum atomic E-state index is 12.7. The van der Waals surface area contributed by atoms with Crippen LogP contribution in [-0.2, 0) is 0 Å². The van der Waals surface area contributed by atoms with Crippen molar-refractivity contribution >= 4 is 6.03 Å². The smallest absolute Gasteiger partial charge is 0.318 e. The molecular formula is C19H26N2O4. The van der Waals surface area contributed by atoms with E-state index in [-0.39, 0.29) is 18.1 Å². The molecule has 1 aliphatic heterocycles. The van der Waals surface area contributed by atoms with Crippen LogP contribution in [0.1, 0.15) is 61.2 Å². The van der Waals surface area contributed by atoms with Gasteiger partial charge in [-0.15, -0.1) is 0 Å². The summed E-state index contributed by atoms with van der Waals surface area (Å²) in [6.45, 7) is 6.47. The molecule has 2 aromatic heterocycles. The molecule has 6 nitrogen and oxygen atoms in total. The summed E-state index contributed by atoms with van der Waals surface area (Å²) in [5.74, 6) is 2.22. The second-order valence-electron chi connectivity index (χ2n) is 6.80. The molecule has 3 heterocycles. The van der Waals surface area contributed by atoms with Gasteiger partial charge in [0.15, 0.2) is 0 Å². The zero-order valence-electron chi connectivity index (χ0n) is 15.0. The van der Waals surface area contributed by atoms with Crippen LogP contribution in [0.25, 0.3) is 0 Å². The number of aliphatic hydroxyl groups excluding tert-OH is 1. The maximum absolute atomic E-state index is 12.7. The van der Waals surface area contributed by atoms with Crippen molar-refractivity contribution in [1.29, 1.82) is 0 Å². The Morgan fingerprint density at radius 1 is 1.48 bits per heavy atom. The number of aliphatic hydroxyl groups is 1. The van der Waals surface area contributed by atoms with Crippen molar-refractivity contribution in [2.24, 2.45) is 0 Å². The second kappa shape index (κ2) is 7.35. The van der Waals surface area contributed by atoms with Gasteiger partial charge in [-0.2, -0.15) is 0 Å². The molecule has 2 amide bonds. The van der Waals surface area contributed by atoms with Gasteiger partial charge in [0.2, 0.25) is 0 Å². The van der Waals surface area contributed by atoms with E-state index in [1.54, 1.807) is 18.4 Å². The third-order valence-electron chi connectivity index (χ3n) is 4.89. The Balaban J connectivity index is 1.61. The quantitative estimate of drug-likeness (QED) is 0.862. The van der Waals surface area contributed by atoms with Crippen LogP contribution in [0.15, 0.2) is 33.3 Å². The minimum atomic E-state index is -0.690. The minimum absolute atomic E-state index is 0.0134. The lowest BCUT2D eigenvalue weighted by atomic mass is 10.1.